The van der Waals surface area contributed by atoms with Crippen LogP contribution >= 0.6 is 0 Å². The van der Waals surface area contributed by atoms with Crippen LogP contribution in [0.4, 0.5) is 0 Å². The van der Waals surface area contributed by atoms with Gasteiger partial charge in [0.05, 0.1) is 6.61 Å². The Kier molecular flexibility index (Phi) is 8.90. The molecule has 0 saturated carbocycles. The zero-order chi connectivity index (χ0) is 12.4. The van der Waals surface area contributed by atoms with E-state index in [0.717, 1.165) is 26.0 Å². The molecule has 0 bridgehead atoms. The van der Waals surface area contributed by atoms with Crippen molar-refractivity contribution in [2.75, 3.05) is 26.9 Å². The first-order valence-electron chi connectivity index (χ1n) is 6.45. The molecule has 0 heterocycles. The van der Waals surface area contributed by atoms with E-state index in [1.54, 1.807) is 7.11 Å². The highest BCUT2D eigenvalue weighted by atomic mass is 16.5. The minimum atomic E-state index is -0.00178. The van der Waals surface area contributed by atoms with Gasteiger partial charge in [0.15, 0.2) is 0 Å². The van der Waals surface area contributed by atoms with E-state index in [0.29, 0.717) is 6.04 Å². The van der Waals surface area contributed by atoms with Gasteiger partial charge in [-0.25, -0.2) is 0 Å². The van der Waals surface area contributed by atoms with Crippen molar-refractivity contribution in [2.24, 2.45) is 5.41 Å². The van der Waals surface area contributed by atoms with Gasteiger partial charge in [-0.3, -0.25) is 0 Å². The maximum Gasteiger partial charge on any atom is 0.0615 e. The average molecular weight is 231 g/mol. The minimum Gasteiger partial charge on any atom is -0.396 e. The molecule has 0 aromatic carbocycles. The third kappa shape index (κ3) is 6.46. The van der Waals surface area contributed by atoms with E-state index in [2.05, 4.69) is 26.1 Å². The molecule has 0 aliphatic heterocycles. The van der Waals surface area contributed by atoms with Crippen LogP contribution in [0.15, 0.2) is 0 Å². The number of methoxy groups -OCH3 is 1. The second-order valence-electron chi connectivity index (χ2n) is 5.00. The fraction of sp³-hybridized carbons (Fsp3) is 1.00. The molecule has 3 nitrogen and oxygen atoms in total. The number of nitrogens with one attached hydrogen (secondary N) is 1. The highest BCUT2D eigenvalue weighted by molar-refractivity contribution is 4.77. The van der Waals surface area contributed by atoms with E-state index in [4.69, 9.17) is 4.74 Å². The van der Waals surface area contributed by atoms with Crippen LogP contribution in [-0.4, -0.2) is 38.0 Å². The topological polar surface area (TPSA) is 41.5 Å². The lowest BCUT2D eigenvalue weighted by Gasteiger charge is -2.29. The van der Waals surface area contributed by atoms with E-state index < -0.39 is 0 Å². The molecule has 0 aliphatic carbocycles. The Morgan fingerprint density at radius 1 is 1.38 bits per heavy atom. The molecular formula is C13H29NO2. The normalized spacial score (nSPS) is 17.1. The van der Waals surface area contributed by atoms with Gasteiger partial charge in [0, 0.05) is 31.7 Å². The van der Waals surface area contributed by atoms with Crippen LogP contribution in [0.2, 0.25) is 0 Å². The maximum absolute atomic E-state index is 9.33. The average Bonchev–Trinajstić information content (AvgIpc) is 2.32. The predicted molar refractivity (Wildman–Crippen MR) is 68.7 cm³/mol. The van der Waals surface area contributed by atoms with Crippen molar-refractivity contribution in [1.29, 1.82) is 0 Å². The summed E-state index contributed by atoms with van der Waals surface area (Å²) in [5, 5.41) is 12.8. The number of aliphatic hydroxyl groups is 1. The summed E-state index contributed by atoms with van der Waals surface area (Å²) >= 11 is 0. The van der Waals surface area contributed by atoms with Gasteiger partial charge in [-0.05, 0) is 12.8 Å². The fourth-order valence-corrected chi connectivity index (χ4v) is 1.58. The molecule has 0 aromatic heterocycles. The highest BCUT2D eigenvalue weighted by Gasteiger charge is 2.22. The first kappa shape index (κ1) is 15.9. The molecule has 0 aliphatic rings. The van der Waals surface area contributed by atoms with Gasteiger partial charge in [0.25, 0.3) is 0 Å². The molecule has 0 fully saturated rings. The van der Waals surface area contributed by atoms with Crippen LogP contribution < -0.4 is 5.32 Å². The van der Waals surface area contributed by atoms with Crippen molar-refractivity contribution < 1.29 is 9.84 Å². The SMILES string of the molecule is CCCCC(COC)NCC(C)(CC)CO. The van der Waals surface area contributed by atoms with E-state index >= 15 is 0 Å². The molecule has 0 saturated heterocycles. The van der Waals surface area contributed by atoms with Gasteiger partial charge in [-0.1, -0.05) is 33.6 Å². The lowest BCUT2D eigenvalue weighted by molar-refractivity contribution is 0.114. The molecule has 2 unspecified atom stereocenters. The summed E-state index contributed by atoms with van der Waals surface area (Å²) < 4.78 is 5.21. The Morgan fingerprint density at radius 3 is 2.50 bits per heavy atom. The lowest BCUT2D eigenvalue weighted by atomic mass is 9.88. The maximum atomic E-state index is 9.33. The summed E-state index contributed by atoms with van der Waals surface area (Å²) in [6.45, 7) is 8.29. The monoisotopic (exact) mass is 231 g/mol. The molecule has 0 amide bonds. The second kappa shape index (κ2) is 8.97. The smallest absolute Gasteiger partial charge is 0.0615 e. The molecule has 0 spiro atoms. The van der Waals surface area contributed by atoms with Crippen LogP contribution in [0.3, 0.4) is 0 Å². The molecule has 3 heteroatoms. The number of unbranched alkanes of at least 4 members (excludes halogenated alkanes) is 1. The zero-order valence-electron chi connectivity index (χ0n) is 11.4. The van der Waals surface area contributed by atoms with Gasteiger partial charge in [-0.2, -0.15) is 0 Å². The number of rotatable bonds is 10. The molecular weight excluding hydrogens is 202 g/mol. The van der Waals surface area contributed by atoms with Crippen molar-refractivity contribution >= 4 is 0 Å². The first-order valence-corrected chi connectivity index (χ1v) is 6.45. The summed E-state index contributed by atoms with van der Waals surface area (Å²) in [4.78, 5) is 0. The number of hydrogen-bond acceptors (Lipinski definition) is 3. The van der Waals surface area contributed by atoms with Crippen molar-refractivity contribution in [2.45, 2.75) is 52.5 Å². The number of ether oxygens (including phenoxy) is 1. The van der Waals surface area contributed by atoms with Crippen molar-refractivity contribution in [3.05, 3.63) is 0 Å². The van der Waals surface area contributed by atoms with Gasteiger partial charge in [0.2, 0.25) is 0 Å². The Bertz CT molecular complexity index is 158. The molecule has 2 N–H and O–H groups in total. The summed E-state index contributed by atoms with van der Waals surface area (Å²) in [6, 6.07) is 0.419. The summed E-state index contributed by atoms with van der Waals surface area (Å²) in [5.41, 5.74) is -0.00178. The predicted octanol–water partition coefficient (Wildman–Crippen LogP) is 2.19. The molecule has 98 valence electrons. The molecule has 16 heavy (non-hydrogen) atoms. The van der Waals surface area contributed by atoms with Crippen molar-refractivity contribution in [1.82, 2.24) is 5.32 Å². The molecule has 2 atom stereocenters. The number of aliphatic hydroxyl groups excluding tert-OH is 1. The van der Waals surface area contributed by atoms with Crippen LogP contribution in [-0.2, 0) is 4.74 Å². The van der Waals surface area contributed by atoms with Gasteiger partial charge >= 0.3 is 0 Å². The van der Waals surface area contributed by atoms with Gasteiger partial charge < -0.3 is 15.2 Å². The molecule has 0 aromatic rings. The summed E-state index contributed by atoms with van der Waals surface area (Å²) in [6.07, 6.45) is 4.58. The Balaban J connectivity index is 3.98. The van der Waals surface area contributed by atoms with Crippen molar-refractivity contribution in [3.8, 4) is 0 Å². The van der Waals surface area contributed by atoms with Gasteiger partial charge in [-0.15, -0.1) is 0 Å². The third-order valence-corrected chi connectivity index (χ3v) is 3.33. The third-order valence-electron chi connectivity index (χ3n) is 3.33. The zero-order valence-corrected chi connectivity index (χ0v) is 11.4. The molecule has 0 rings (SSSR count). The lowest BCUT2D eigenvalue weighted by Crippen LogP contribution is -2.42. The van der Waals surface area contributed by atoms with E-state index in [1.807, 2.05) is 0 Å². The number of hydrogen-bond donors (Lipinski definition) is 2. The Morgan fingerprint density at radius 2 is 2.06 bits per heavy atom. The van der Waals surface area contributed by atoms with Crippen molar-refractivity contribution in [3.63, 3.8) is 0 Å². The minimum absolute atomic E-state index is 0.00178. The van der Waals surface area contributed by atoms with E-state index in [9.17, 15) is 5.11 Å². The largest absolute Gasteiger partial charge is 0.396 e. The van der Waals surface area contributed by atoms with Crippen LogP contribution in [0, 0.1) is 5.41 Å². The van der Waals surface area contributed by atoms with E-state index in [-0.39, 0.29) is 12.0 Å². The second-order valence-corrected chi connectivity index (χ2v) is 5.00. The summed E-state index contributed by atoms with van der Waals surface area (Å²) in [5.74, 6) is 0. The Labute approximate surface area is 101 Å². The Hall–Kier alpha value is -0.120. The fourth-order valence-electron chi connectivity index (χ4n) is 1.58. The van der Waals surface area contributed by atoms with Crippen LogP contribution in [0.1, 0.15) is 46.5 Å². The standard InChI is InChI=1S/C13H29NO2/c1-5-7-8-12(9-16-4)14-10-13(3,6-2)11-15/h12,14-15H,5-11H2,1-4H3. The van der Waals surface area contributed by atoms with Gasteiger partial charge in [0.1, 0.15) is 0 Å². The highest BCUT2D eigenvalue weighted by Crippen LogP contribution is 2.19. The van der Waals surface area contributed by atoms with Crippen LogP contribution in [0.25, 0.3) is 0 Å². The first-order chi connectivity index (χ1) is 7.61. The summed E-state index contributed by atoms with van der Waals surface area (Å²) in [7, 11) is 1.74. The van der Waals surface area contributed by atoms with Crippen LogP contribution in [0.5, 0.6) is 0 Å². The van der Waals surface area contributed by atoms with E-state index in [1.165, 1.54) is 12.8 Å². The quantitative estimate of drug-likeness (QED) is 0.605. The molecule has 0 radical (unpaired) electrons.